The molecule has 2 N–H and O–H groups in total. The summed E-state index contributed by atoms with van der Waals surface area (Å²) in [6, 6.07) is 1.74. The predicted octanol–water partition coefficient (Wildman–Crippen LogP) is 4.35. The van der Waals surface area contributed by atoms with Crippen molar-refractivity contribution in [2.75, 3.05) is 31.7 Å². The summed E-state index contributed by atoms with van der Waals surface area (Å²) in [5, 5.41) is 0. The number of ether oxygens (including phenoxy) is 1. The molecule has 1 aromatic rings. The van der Waals surface area contributed by atoms with Gasteiger partial charge in [-0.2, -0.15) is 4.98 Å². The molecule has 0 unspecified atom stereocenters. The fourth-order valence-corrected chi connectivity index (χ4v) is 3.84. The molecule has 0 saturated carbocycles. The minimum Gasteiger partial charge on any atom is -0.478 e. The molecule has 7 nitrogen and oxygen atoms in total. The van der Waals surface area contributed by atoms with Crippen LogP contribution in [0.2, 0.25) is 0 Å². The van der Waals surface area contributed by atoms with Gasteiger partial charge in [-0.05, 0) is 32.6 Å². The maximum absolute atomic E-state index is 12.8. The van der Waals surface area contributed by atoms with Crippen LogP contribution < -0.4 is 10.5 Å². The second kappa shape index (κ2) is 12.2. The minimum atomic E-state index is -3.01. The standard InChI is InChI=1S/C17H32N3O4P/c1-4-6-11-23-25(21,24-12-7-5-2)13-9-8-10-22-16-14-15(3)19-17(18)20-16/h14H,4-13H2,1-3H3,(H2,18,19,20). The number of hydrogen-bond acceptors (Lipinski definition) is 7. The predicted molar refractivity (Wildman–Crippen MR) is 100 cm³/mol. The highest BCUT2D eigenvalue weighted by molar-refractivity contribution is 7.53. The molecule has 1 rings (SSSR count). The topological polar surface area (TPSA) is 96.6 Å². The molecule has 144 valence electrons. The molecule has 0 aliphatic carbocycles. The van der Waals surface area contributed by atoms with Crippen LogP contribution in [0.25, 0.3) is 0 Å². The number of anilines is 1. The van der Waals surface area contributed by atoms with Crippen LogP contribution in [0.4, 0.5) is 5.95 Å². The van der Waals surface area contributed by atoms with E-state index in [2.05, 4.69) is 23.8 Å². The van der Waals surface area contributed by atoms with E-state index >= 15 is 0 Å². The van der Waals surface area contributed by atoms with Gasteiger partial charge in [-0.3, -0.25) is 4.57 Å². The number of hydrogen-bond donors (Lipinski definition) is 1. The summed E-state index contributed by atoms with van der Waals surface area (Å²) in [4.78, 5) is 8.02. The second-order valence-corrected chi connectivity index (χ2v) is 8.15. The van der Waals surface area contributed by atoms with Gasteiger partial charge in [-0.15, -0.1) is 0 Å². The molecule has 0 spiro atoms. The van der Waals surface area contributed by atoms with Gasteiger partial charge in [-0.25, -0.2) is 4.98 Å². The molecule has 0 bridgehead atoms. The molecule has 1 aromatic heterocycles. The Balaban J connectivity index is 2.35. The lowest BCUT2D eigenvalue weighted by atomic mass is 10.3. The van der Waals surface area contributed by atoms with Gasteiger partial charge in [0.05, 0.1) is 26.0 Å². The Labute approximate surface area is 151 Å². The fourth-order valence-electron chi connectivity index (χ4n) is 2.08. The van der Waals surface area contributed by atoms with E-state index in [1.165, 1.54) is 0 Å². The summed E-state index contributed by atoms with van der Waals surface area (Å²) in [5.41, 5.74) is 6.36. The van der Waals surface area contributed by atoms with Crippen molar-refractivity contribution in [2.45, 2.75) is 59.3 Å². The SMILES string of the molecule is CCCCOP(=O)(CCCCOc1cc(C)nc(N)n1)OCCCC. The number of rotatable bonds is 14. The maximum atomic E-state index is 12.8. The van der Waals surface area contributed by atoms with Gasteiger partial charge in [-0.1, -0.05) is 26.7 Å². The van der Waals surface area contributed by atoms with Crippen molar-refractivity contribution in [3.05, 3.63) is 11.8 Å². The summed E-state index contributed by atoms with van der Waals surface area (Å²) in [5.74, 6) is 0.666. The van der Waals surface area contributed by atoms with E-state index in [4.69, 9.17) is 19.5 Å². The molecule has 25 heavy (non-hydrogen) atoms. The van der Waals surface area contributed by atoms with Crippen LogP contribution >= 0.6 is 7.60 Å². The van der Waals surface area contributed by atoms with Gasteiger partial charge >= 0.3 is 7.60 Å². The number of nitrogens with zero attached hydrogens (tertiary/aromatic N) is 2. The van der Waals surface area contributed by atoms with Crippen molar-refractivity contribution in [3.8, 4) is 5.88 Å². The number of nitrogens with two attached hydrogens (primary N) is 1. The molecule has 8 heteroatoms. The van der Waals surface area contributed by atoms with Gasteiger partial charge in [0, 0.05) is 11.8 Å². The maximum Gasteiger partial charge on any atom is 0.330 e. The summed E-state index contributed by atoms with van der Waals surface area (Å²) >= 11 is 0. The van der Waals surface area contributed by atoms with Crippen molar-refractivity contribution >= 4 is 13.5 Å². The molecule has 0 aliphatic heterocycles. The van der Waals surface area contributed by atoms with Gasteiger partial charge in [0.1, 0.15) is 0 Å². The van der Waals surface area contributed by atoms with Crippen molar-refractivity contribution < 1.29 is 18.3 Å². The van der Waals surface area contributed by atoms with Crippen molar-refractivity contribution in [3.63, 3.8) is 0 Å². The van der Waals surface area contributed by atoms with E-state index in [-0.39, 0.29) is 5.95 Å². The van der Waals surface area contributed by atoms with Crippen molar-refractivity contribution in [2.24, 2.45) is 0 Å². The smallest absolute Gasteiger partial charge is 0.330 e. The van der Waals surface area contributed by atoms with E-state index < -0.39 is 7.60 Å². The molecule has 0 aliphatic rings. The summed E-state index contributed by atoms with van der Waals surface area (Å²) in [6.45, 7) is 7.42. The molecular formula is C17H32N3O4P. The normalized spacial score (nSPS) is 11.6. The van der Waals surface area contributed by atoms with Crippen LogP contribution in [0.15, 0.2) is 6.07 Å². The molecular weight excluding hydrogens is 341 g/mol. The molecule has 0 fully saturated rings. The summed E-state index contributed by atoms with van der Waals surface area (Å²) < 4.78 is 29.5. The number of aryl methyl sites for hydroxylation is 1. The fraction of sp³-hybridized carbons (Fsp3) is 0.765. The highest BCUT2D eigenvalue weighted by Gasteiger charge is 2.23. The zero-order chi connectivity index (χ0) is 18.5. The highest BCUT2D eigenvalue weighted by Crippen LogP contribution is 2.49. The second-order valence-electron chi connectivity index (χ2n) is 5.97. The van der Waals surface area contributed by atoms with Crippen molar-refractivity contribution in [1.82, 2.24) is 9.97 Å². The zero-order valence-corrected chi connectivity index (χ0v) is 16.6. The van der Waals surface area contributed by atoms with Gasteiger partial charge in [0.2, 0.25) is 11.8 Å². The number of nitrogen functional groups attached to an aromatic ring is 1. The lowest BCUT2D eigenvalue weighted by Gasteiger charge is -2.18. The first-order valence-electron chi connectivity index (χ1n) is 9.11. The largest absolute Gasteiger partial charge is 0.478 e. The minimum absolute atomic E-state index is 0.202. The van der Waals surface area contributed by atoms with E-state index in [1.54, 1.807) is 6.07 Å². The third-order valence-corrected chi connectivity index (χ3v) is 5.51. The lowest BCUT2D eigenvalue weighted by molar-refractivity contribution is 0.198. The quantitative estimate of drug-likeness (QED) is 0.382. The first-order chi connectivity index (χ1) is 12.0. The van der Waals surface area contributed by atoms with Crippen LogP contribution in [0.3, 0.4) is 0 Å². The Morgan fingerprint density at radius 3 is 2.20 bits per heavy atom. The molecule has 0 radical (unpaired) electrons. The summed E-state index contributed by atoms with van der Waals surface area (Å²) in [7, 11) is -3.01. The van der Waals surface area contributed by atoms with E-state index in [9.17, 15) is 4.57 Å². The van der Waals surface area contributed by atoms with Crippen LogP contribution in [0.5, 0.6) is 5.88 Å². The Morgan fingerprint density at radius 1 is 1.00 bits per heavy atom. The number of unbranched alkanes of at least 4 members (excludes halogenated alkanes) is 3. The van der Waals surface area contributed by atoms with Crippen LogP contribution in [-0.2, 0) is 13.6 Å². The molecule has 0 aromatic carbocycles. The van der Waals surface area contributed by atoms with Crippen LogP contribution in [-0.4, -0.2) is 36.0 Å². The Morgan fingerprint density at radius 2 is 1.64 bits per heavy atom. The summed E-state index contributed by atoms with van der Waals surface area (Å²) in [6.07, 6.45) is 5.64. The average Bonchev–Trinajstić information content (AvgIpc) is 2.54. The Bertz CT molecular complexity index is 508. The molecule has 0 amide bonds. The van der Waals surface area contributed by atoms with E-state index in [0.29, 0.717) is 38.3 Å². The van der Waals surface area contributed by atoms with Crippen molar-refractivity contribution in [1.29, 1.82) is 0 Å². The monoisotopic (exact) mass is 373 g/mol. The van der Waals surface area contributed by atoms with Gasteiger partial charge in [0.25, 0.3) is 0 Å². The van der Waals surface area contributed by atoms with Gasteiger partial charge in [0.15, 0.2) is 0 Å². The van der Waals surface area contributed by atoms with E-state index in [1.807, 2.05) is 6.92 Å². The molecule has 0 saturated heterocycles. The first kappa shape index (κ1) is 21.9. The lowest BCUT2D eigenvalue weighted by Crippen LogP contribution is -2.06. The third kappa shape index (κ3) is 9.78. The zero-order valence-electron chi connectivity index (χ0n) is 15.7. The van der Waals surface area contributed by atoms with Crippen LogP contribution in [0.1, 0.15) is 58.1 Å². The average molecular weight is 373 g/mol. The first-order valence-corrected chi connectivity index (χ1v) is 10.8. The van der Waals surface area contributed by atoms with Crippen LogP contribution in [0, 0.1) is 6.92 Å². The van der Waals surface area contributed by atoms with Gasteiger partial charge < -0.3 is 19.5 Å². The Kier molecular flexibility index (Phi) is 10.7. The molecule has 0 atom stereocenters. The third-order valence-electron chi connectivity index (χ3n) is 3.50. The van der Waals surface area contributed by atoms with E-state index in [0.717, 1.165) is 37.8 Å². The Hall–Kier alpha value is -1.17. The molecule has 1 heterocycles. The number of aromatic nitrogens is 2. The highest BCUT2D eigenvalue weighted by atomic mass is 31.2.